The van der Waals surface area contributed by atoms with Gasteiger partial charge in [-0.3, -0.25) is 33.6 Å². The van der Waals surface area contributed by atoms with Crippen LogP contribution in [0.15, 0.2) is 24.3 Å². The number of sulfonamides is 1. The van der Waals surface area contributed by atoms with Crippen LogP contribution < -0.4 is 21.1 Å². The van der Waals surface area contributed by atoms with Crippen LogP contribution in [0.4, 0.5) is 5.69 Å². The summed E-state index contributed by atoms with van der Waals surface area (Å²) in [5.74, 6) is -3.48. The van der Waals surface area contributed by atoms with Crippen molar-refractivity contribution in [3.63, 3.8) is 0 Å². The van der Waals surface area contributed by atoms with Gasteiger partial charge in [0.1, 0.15) is 0 Å². The first-order valence-electron chi connectivity index (χ1n) is 18.5. The molecule has 7 unspecified atom stereocenters. The van der Waals surface area contributed by atoms with E-state index in [4.69, 9.17) is 15.2 Å². The lowest BCUT2D eigenvalue weighted by Gasteiger charge is -2.39. The van der Waals surface area contributed by atoms with Gasteiger partial charge in [-0.2, -0.15) is 0 Å². The molecule has 1 aromatic carbocycles. The molecule has 1 saturated heterocycles. The Morgan fingerprint density at radius 3 is 2.09 bits per heavy atom. The molecule has 7 atom stereocenters. The van der Waals surface area contributed by atoms with Crippen LogP contribution in [0.1, 0.15) is 65.9 Å². The number of nitrogens with two attached hydrogens (primary N) is 1. The van der Waals surface area contributed by atoms with Crippen LogP contribution in [0.5, 0.6) is 0 Å². The van der Waals surface area contributed by atoms with Crippen molar-refractivity contribution in [1.29, 1.82) is 0 Å². The number of hydrogen-bond donors (Lipinski definition) is 4. The van der Waals surface area contributed by atoms with Crippen LogP contribution in [0.25, 0.3) is 0 Å². The Labute approximate surface area is 321 Å². The summed E-state index contributed by atoms with van der Waals surface area (Å²) in [4.78, 5) is 71.1. The Hall–Kier alpha value is -3.80. The molecule has 0 spiro atoms. The zero-order valence-electron chi connectivity index (χ0n) is 33.6. The summed E-state index contributed by atoms with van der Waals surface area (Å²) in [7, 11) is 4.21. The minimum atomic E-state index is -4.03. The van der Waals surface area contributed by atoms with Crippen LogP contribution in [-0.4, -0.2) is 138 Å². The van der Waals surface area contributed by atoms with Crippen molar-refractivity contribution in [3.8, 4) is 0 Å². The van der Waals surface area contributed by atoms with Crippen molar-refractivity contribution in [1.82, 2.24) is 30.1 Å². The Morgan fingerprint density at radius 1 is 0.944 bits per heavy atom. The van der Waals surface area contributed by atoms with E-state index in [1.54, 1.807) is 48.0 Å². The van der Waals surface area contributed by atoms with Crippen molar-refractivity contribution in [2.75, 3.05) is 60.7 Å². The molecule has 0 radical (unpaired) electrons. The molecule has 306 valence electrons. The lowest BCUT2D eigenvalue weighted by molar-refractivity contribution is -0.146. The molecule has 1 fully saturated rings. The second-order valence-corrected chi connectivity index (χ2v) is 16.5. The lowest BCUT2D eigenvalue weighted by atomic mass is 9.90. The van der Waals surface area contributed by atoms with Crippen LogP contribution in [0.2, 0.25) is 0 Å². The van der Waals surface area contributed by atoms with Crippen LogP contribution in [-0.2, 0) is 49.2 Å². The van der Waals surface area contributed by atoms with E-state index in [2.05, 4.69) is 10.6 Å². The standard InChI is InChI=1S/C37H63N7O9S/c1-11-24(4)34(43(8)32(47)21-40-37(49)33(23(2)3)42(6)7)29(52-9)19-31(46)44-18-12-13-28(44)35(53-10)25(5)36(48)39-20-30(45)41-54(50,51)22-26-14-16-27(38)17-15-26/h14-17,23-25,28-29,33-35H,11-13,18-22,38H2,1-10H3,(H,39,48)(H,40,49)(H,41,45). The average Bonchev–Trinajstić information content (AvgIpc) is 3.59. The summed E-state index contributed by atoms with van der Waals surface area (Å²) in [6.45, 7) is 9.14. The predicted molar refractivity (Wildman–Crippen MR) is 206 cm³/mol. The number of nitrogens with zero attached hydrogens (tertiary/aromatic N) is 3. The second kappa shape index (κ2) is 21.3. The van der Waals surface area contributed by atoms with Gasteiger partial charge in [-0.1, -0.05) is 53.2 Å². The molecule has 17 heteroatoms. The fourth-order valence-electron chi connectivity index (χ4n) is 7.26. The van der Waals surface area contributed by atoms with E-state index < -0.39 is 70.4 Å². The second-order valence-electron chi connectivity index (χ2n) is 14.8. The normalized spacial score (nSPS) is 18.0. The van der Waals surface area contributed by atoms with Gasteiger partial charge in [0.15, 0.2) is 0 Å². The van der Waals surface area contributed by atoms with E-state index in [1.165, 1.54) is 14.2 Å². The highest BCUT2D eigenvalue weighted by Crippen LogP contribution is 2.29. The summed E-state index contributed by atoms with van der Waals surface area (Å²) in [6, 6.07) is 4.86. The van der Waals surface area contributed by atoms with Crippen molar-refractivity contribution < 1.29 is 41.9 Å². The third-order valence-electron chi connectivity index (χ3n) is 10.2. The highest BCUT2D eigenvalue weighted by atomic mass is 32.2. The zero-order chi connectivity index (χ0) is 40.9. The number of rotatable bonds is 21. The summed E-state index contributed by atoms with van der Waals surface area (Å²) in [5, 5.41) is 5.26. The Bertz CT molecular complexity index is 1520. The molecule has 16 nitrogen and oxygen atoms in total. The molecular formula is C37H63N7O9S. The number of hydrogen-bond acceptors (Lipinski definition) is 11. The number of nitrogen functional groups attached to an aromatic ring is 1. The van der Waals surface area contributed by atoms with Crippen molar-refractivity contribution in [3.05, 3.63) is 29.8 Å². The van der Waals surface area contributed by atoms with Gasteiger partial charge >= 0.3 is 0 Å². The van der Waals surface area contributed by atoms with Crippen molar-refractivity contribution in [2.45, 2.75) is 96.4 Å². The van der Waals surface area contributed by atoms with Gasteiger partial charge in [0, 0.05) is 33.5 Å². The largest absolute Gasteiger partial charge is 0.399 e. The Morgan fingerprint density at radius 2 is 1.56 bits per heavy atom. The number of anilines is 1. The summed E-state index contributed by atoms with van der Waals surface area (Å²) in [5.41, 5.74) is 6.56. The predicted octanol–water partition coefficient (Wildman–Crippen LogP) is 0.954. The summed E-state index contributed by atoms with van der Waals surface area (Å²) < 4.78 is 38.6. The van der Waals surface area contributed by atoms with E-state index in [9.17, 15) is 32.4 Å². The highest BCUT2D eigenvalue weighted by molar-refractivity contribution is 7.89. The van der Waals surface area contributed by atoms with E-state index >= 15 is 0 Å². The van der Waals surface area contributed by atoms with E-state index in [0.29, 0.717) is 37.1 Å². The topological polar surface area (TPSA) is 210 Å². The van der Waals surface area contributed by atoms with Crippen LogP contribution in [0, 0.1) is 17.8 Å². The molecule has 1 aliphatic rings. The monoisotopic (exact) mass is 781 g/mol. The molecule has 0 bridgehead atoms. The van der Waals surface area contributed by atoms with Gasteiger partial charge in [-0.25, -0.2) is 8.42 Å². The fourth-order valence-corrected chi connectivity index (χ4v) is 8.38. The first kappa shape index (κ1) is 46.4. The minimum absolute atomic E-state index is 0.0376. The number of likely N-dealkylation sites (tertiary alicyclic amines) is 1. The highest BCUT2D eigenvalue weighted by Gasteiger charge is 2.42. The van der Waals surface area contributed by atoms with Gasteiger partial charge in [0.2, 0.25) is 33.7 Å². The number of methoxy groups -OCH3 is 2. The van der Waals surface area contributed by atoms with Crippen molar-refractivity contribution in [2.24, 2.45) is 17.8 Å². The number of amides is 5. The molecule has 0 saturated carbocycles. The first-order valence-corrected chi connectivity index (χ1v) is 20.1. The SMILES string of the molecule is CCC(C)C(C(CC(=O)N1CCCC1C(OC)C(C)C(=O)NCC(=O)NS(=O)(=O)Cc1ccc(N)cc1)OC)N(C)C(=O)CNC(=O)C(C(C)C)N(C)C. The maximum atomic E-state index is 14.0. The quantitative estimate of drug-likeness (QED) is 0.129. The lowest BCUT2D eigenvalue weighted by Crippen LogP contribution is -2.55. The van der Waals surface area contributed by atoms with Crippen molar-refractivity contribution >= 4 is 45.2 Å². The number of nitrogens with one attached hydrogen (secondary N) is 3. The molecular weight excluding hydrogens is 719 g/mol. The Balaban J connectivity index is 2.08. The van der Waals surface area contributed by atoms with E-state index in [-0.39, 0.29) is 42.5 Å². The molecule has 5 amide bonds. The average molecular weight is 782 g/mol. The number of ether oxygens (including phenoxy) is 2. The van der Waals surface area contributed by atoms with Gasteiger partial charge in [0.05, 0.1) is 61.5 Å². The first-order chi connectivity index (χ1) is 25.3. The third kappa shape index (κ3) is 13.2. The van der Waals surface area contributed by atoms with Gasteiger partial charge in [0.25, 0.3) is 5.91 Å². The molecule has 54 heavy (non-hydrogen) atoms. The smallest absolute Gasteiger partial charge is 0.252 e. The van der Waals surface area contributed by atoms with E-state index in [1.807, 2.05) is 51.4 Å². The molecule has 1 aromatic rings. The maximum Gasteiger partial charge on any atom is 0.252 e. The molecule has 0 aliphatic carbocycles. The third-order valence-corrected chi connectivity index (χ3v) is 11.5. The maximum absolute atomic E-state index is 14.0. The van der Waals surface area contributed by atoms with Crippen LogP contribution >= 0.6 is 0 Å². The fraction of sp³-hybridized carbons (Fsp3) is 0.703. The molecule has 1 heterocycles. The molecule has 1 aliphatic heterocycles. The number of benzene rings is 1. The Kier molecular flexibility index (Phi) is 18.3. The van der Waals surface area contributed by atoms with E-state index in [0.717, 1.165) is 0 Å². The molecule has 5 N–H and O–H groups in total. The van der Waals surface area contributed by atoms with Crippen LogP contribution in [0.3, 0.4) is 0 Å². The van der Waals surface area contributed by atoms with Gasteiger partial charge in [-0.05, 0) is 56.5 Å². The number of carbonyl (C=O) groups excluding carboxylic acids is 5. The number of likely N-dealkylation sites (N-methyl/N-ethyl adjacent to an activating group) is 2. The zero-order valence-corrected chi connectivity index (χ0v) is 34.4. The molecule has 0 aromatic heterocycles. The number of carbonyl (C=O) groups is 5. The van der Waals surface area contributed by atoms with Gasteiger partial charge in [-0.15, -0.1) is 0 Å². The molecule has 2 rings (SSSR count). The summed E-state index contributed by atoms with van der Waals surface area (Å²) >= 11 is 0. The van der Waals surface area contributed by atoms with Gasteiger partial charge < -0.3 is 35.6 Å². The minimum Gasteiger partial charge on any atom is -0.399 e. The summed E-state index contributed by atoms with van der Waals surface area (Å²) in [6.07, 6.45) is 0.513.